The molecule has 0 aromatic carbocycles. The largest absolute Gasteiger partial charge is 0.393 e. The highest BCUT2D eigenvalue weighted by atomic mass is 16.7. The molecule has 172 valence electrons. The van der Waals surface area contributed by atoms with Gasteiger partial charge in [0.05, 0.1) is 37.1 Å². The van der Waals surface area contributed by atoms with Gasteiger partial charge in [-0.05, 0) is 68.6 Å². The third-order valence-corrected chi connectivity index (χ3v) is 10.5. The minimum absolute atomic E-state index is 0.0245. The molecule has 0 aromatic rings. The molecule has 0 radical (unpaired) electrons. The molecule has 6 nitrogen and oxygen atoms in total. The molecule has 0 bridgehead atoms. The van der Waals surface area contributed by atoms with E-state index < -0.39 is 29.0 Å². The van der Waals surface area contributed by atoms with Crippen LogP contribution >= 0.6 is 0 Å². The Bertz CT molecular complexity index is 679. The second-order valence-electron chi connectivity index (χ2n) is 11.6. The number of methoxy groups -OCH3 is 1. The molecule has 10 atom stereocenters. The van der Waals surface area contributed by atoms with Crippen LogP contribution in [0.1, 0.15) is 65.7 Å². The van der Waals surface area contributed by atoms with Crippen LogP contribution in [0.5, 0.6) is 0 Å². The molecule has 5 aliphatic rings. The number of hydrogen-bond acceptors (Lipinski definition) is 6. The first-order valence-corrected chi connectivity index (χ1v) is 12.0. The fraction of sp³-hybridized carbons (Fsp3) is 1.00. The predicted molar refractivity (Wildman–Crippen MR) is 111 cm³/mol. The summed E-state index contributed by atoms with van der Waals surface area (Å²) < 4.78 is 18.1. The number of fused-ring (bicyclic) bond motifs is 5. The van der Waals surface area contributed by atoms with E-state index in [1.165, 1.54) is 0 Å². The van der Waals surface area contributed by atoms with Gasteiger partial charge in [-0.25, -0.2) is 0 Å². The number of aliphatic hydroxyl groups is 3. The molecule has 0 amide bonds. The third-order valence-electron chi connectivity index (χ3n) is 10.5. The molecule has 1 heterocycles. The standard InChI is InChI=1S/C24H40O6/c1-21-13-17(26)20-15(16(21)5-6-18(21)23(3)29-9-10-30-23)11-19(28-4)24(27)12-14(25)7-8-22(20,24)2/h14-20,25-27H,5-13H2,1-4H3/t14-,15?,16?,17?,18-,19+,20?,21-,22+,24-/m0/s1. The van der Waals surface area contributed by atoms with Gasteiger partial charge in [-0.2, -0.15) is 0 Å². The second kappa shape index (κ2) is 6.88. The maximum atomic E-state index is 11.9. The van der Waals surface area contributed by atoms with E-state index >= 15 is 0 Å². The summed E-state index contributed by atoms with van der Waals surface area (Å²) in [5, 5.41) is 33.9. The number of rotatable bonds is 2. The van der Waals surface area contributed by atoms with Crippen molar-refractivity contribution in [3.63, 3.8) is 0 Å². The fourth-order valence-electron chi connectivity index (χ4n) is 9.24. The van der Waals surface area contributed by atoms with Crippen molar-refractivity contribution >= 4 is 0 Å². The van der Waals surface area contributed by atoms with Crippen LogP contribution in [0.2, 0.25) is 0 Å². The molecule has 1 aliphatic heterocycles. The van der Waals surface area contributed by atoms with Crippen LogP contribution in [0.4, 0.5) is 0 Å². The zero-order valence-electron chi connectivity index (χ0n) is 19.0. The highest BCUT2D eigenvalue weighted by Crippen LogP contribution is 2.70. The smallest absolute Gasteiger partial charge is 0.169 e. The number of hydrogen-bond donors (Lipinski definition) is 3. The van der Waals surface area contributed by atoms with Gasteiger partial charge in [-0.15, -0.1) is 0 Å². The van der Waals surface area contributed by atoms with Gasteiger partial charge in [-0.3, -0.25) is 0 Å². The summed E-state index contributed by atoms with van der Waals surface area (Å²) in [4.78, 5) is 0. The van der Waals surface area contributed by atoms with E-state index in [2.05, 4.69) is 20.8 Å². The summed E-state index contributed by atoms with van der Waals surface area (Å²) in [6.07, 6.45) is 4.04. The van der Waals surface area contributed by atoms with E-state index in [1.807, 2.05) is 0 Å². The molecule has 0 aromatic heterocycles. The highest BCUT2D eigenvalue weighted by Gasteiger charge is 2.71. The van der Waals surface area contributed by atoms with Crippen molar-refractivity contribution < 1.29 is 29.5 Å². The lowest BCUT2D eigenvalue weighted by Crippen LogP contribution is -2.71. The summed E-state index contributed by atoms with van der Waals surface area (Å²) in [6, 6.07) is 0. The van der Waals surface area contributed by atoms with Crippen molar-refractivity contribution in [1.29, 1.82) is 0 Å². The molecule has 4 saturated carbocycles. The van der Waals surface area contributed by atoms with Gasteiger partial charge in [-0.1, -0.05) is 13.8 Å². The van der Waals surface area contributed by atoms with Gasteiger partial charge in [0.25, 0.3) is 0 Å². The number of aliphatic hydroxyl groups excluding tert-OH is 2. The molecule has 1 saturated heterocycles. The average Bonchev–Trinajstić information content (AvgIpc) is 3.25. The van der Waals surface area contributed by atoms with Crippen LogP contribution in [-0.2, 0) is 14.2 Å². The van der Waals surface area contributed by atoms with Gasteiger partial charge in [0.15, 0.2) is 5.79 Å². The average molecular weight is 425 g/mol. The summed E-state index contributed by atoms with van der Waals surface area (Å²) >= 11 is 0. The molecule has 5 fully saturated rings. The zero-order valence-corrected chi connectivity index (χ0v) is 19.0. The van der Waals surface area contributed by atoms with Gasteiger partial charge in [0.1, 0.15) is 0 Å². The lowest BCUT2D eigenvalue weighted by molar-refractivity contribution is -0.293. The quantitative estimate of drug-likeness (QED) is 0.631. The summed E-state index contributed by atoms with van der Waals surface area (Å²) in [5.74, 6) is 0.461. The monoisotopic (exact) mass is 424 g/mol. The molecule has 3 N–H and O–H groups in total. The molecular weight excluding hydrogens is 384 g/mol. The van der Waals surface area contributed by atoms with Crippen molar-refractivity contribution in [2.75, 3.05) is 20.3 Å². The van der Waals surface area contributed by atoms with Crippen molar-refractivity contribution in [3.8, 4) is 0 Å². The lowest BCUT2D eigenvalue weighted by atomic mass is 9.41. The van der Waals surface area contributed by atoms with Crippen LogP contribution in [0.15, 0.2) is 0 Å². The van der Waals surface area contributed by atoms with E-state index in [0.717, 1.165) is 32.1 Å². The summed E-state index contributed by atoms with van der Waals surface area (Å²) in [6.45, 7) is 7.84. The van der Waals surface area contributed by atoms with Crippen molar-refractivity contribution in [2.24, 2.45) is 34.5 Å². The van der Waals surface area contributed by atoms with Crippen LogP contribution in [0.3, 0.4) is 0 Å². The van der Waals surface area contributed by atoms with E-state index in [0.29, 0.717) is 37.9 Å². The Morgan fingerprint density at radius 1 is 0.967 bits per heavy atom. The highest BCUT2D eigenvalue weighted by molar-refractivity contribution is 5.19. The Labute approximate surface area is 180 Å². The Balaban J connectivity index is 1.53. The first kappa shape index (κ1) is 21.6. The van der Waals surface area contributed by atoms with Gasteiger partial charge >= 0.3 is 0 Å². The normalized spacial score (nSPS) is 57.5. The van der Waals surface area contributed by atoms with Crippen LogP contribution in [-0.4, -0.2) is 65.3 Å². The third kappa shape index (κ3) is 2.64. The minimum atomic E-state index is -1.10. The summed E-state index contributed by atoms with van der Waals surface area (Å²) in [7, 11) is 1.68. The Hall–Kier alpha value is -0.240. The molecule has 4 unspecified atom stereocenters. The molecule has 5 rings (SSSR count). The first-order valence-electron chi connectivity index (χ1n) is 12.0. The first-order chi connectivity index (χ1) is 14.1. The van der Waals surface area contributed by atoms with Crippen LogP contribution in [0, 0.1) is 34.5 Å². The molecule has 6 heteroatoms. The Kier molecular flexibility index (Phi) is 4.95. The Morgan fingerprint density at radius 3 is 2.33 bits per heavy atom. The molecule has 30 heavy (non-hydrogen) atoms. The van der Waals surface area contributed by atoms with Gasteiger partial charge < -0.3 is 29.5 Å². The molecule has 0 spiro atoms. The molecular formula is C24H40O6. The van der Waals surface area contributed by atoms with Crippen molar-refractivity contribution in [2.45, 2.75) is 95.4 Å². The second-order valence-corrected chi connectivity index (χ2v) is 11.6. The van der Waals surface area contributed by atoms with Gasteiger partial charge in [0.2, 0.25) is 0 Å². The topological polar surface area (TPSA) is 88.4 Å². The lowest BCUT2D eigenvalue weighted by Gasteiger charge is -2.67. The maximum Gasteiger partial charge on any atom is 0.169 e. The van der Waals surface area contributed by atoms with E-state index in [-0.39, 0.29) is 23.4 Å². The predicted octanol–water partition coefficient (Wildman–Crippen LogP) is 2.48. The number of ether oxygens (including phenoxy) is 3. The van der Waals surface area contributed by atoms with E-state index in [4.69, 9.17) is 14.2 Å². The van der Waals surface area contributed by atoms with Crippen LogP contribution in [0.25, 0.3) is 0 Å². The van der Waals surface area contributed by atoms with Crippen molar-refractivity contribution in [1.82, 2.24) is 0 Å². The summed E-state index contributed by atoms with van der Waals surface area (Å²) in [5.41, 5.74) is -1.62. The van der Waals surface area contributed by atoms with E-state index in [1.54, 1.807) is 7.11 Å². The van der Waals surface area contributed by atoms with Crippen LogP contribution < -0.4 is 0 Å². The van der Waals surface area contributed by atoms with Gasteiger partial charge in [0, 0.05) is 24.9 Å². The fourth-order valence-corrected chi connectivity index (χ4v) is 9.24. The minimum Gasteiger partial charge on any atom is -0.393 e. The van der Waals surface area contributed by atoms with E-state index in [9.17, 15) is 15.3 Å². The SMILES string of the molecule is CO[C@@H]1CC2C3CC[C@H](C4(C)OCCO4)[C@@]3(C)CC(O)C2[C@@]2(C)CC[C@H](O)C[C@]12O. The molecule has 4 aliphatic carbocycles. The maximum absolute atomic E-state index is 11.9. The van der Waals surface area contributed by atoms with Crippen molar-refractivity contribution in [3.05, 3.63) is 0 Å². The Morgan fingerprint density at radius 2 is 1.67 bits per heavy atom. The zero-order chi connectivity index (χ0) is 21.5.